The Balaban J connectivity index is 0.000000208. The van der Waals surface area contributed by atoms with Crippen LogP contribution in [0.1, 0.15) is 35.1 Å². The molecule has 54 heavy (non-hydrogen) atoms. The number of hydrogen-bond acceptors (Lipinski definition) is 9. The van der Waals surface area contributed by atoms with Gasteiger partial charge in [-0.3, -0.25) is 9.80 Å². The highest BCUT2D eigenvalue weighted by Gasteiger charge is 2.37. The van der Waals surface area contributed by atoms with E-state index in [4.69, 9.17) is 28.4 Å². The highest BCUT2D eigenvalue weighted by atomic mass is 16.6. The first kappa shape index (κ1) is 39.6. The number of amides is 2. The number of likely N-dealkylation sites (tertiary alicyclic amines) is 2. The second kappa shape index (κ2) is 20.6. The van der Waals surface area contributed by atoms with E-state index in [0.717, 1.165) is 46.5 Å². The van der Waals surface area contributed by atoms with Gasteiger partial charge in [0.2, 0.25) is 0 Å². The molecule has 11 heteroatoms. The summed E-state index contributed by atoms with van der Waals surface area (Å²) >= 11 is 0. The molecule has 2 fully saturated rings. The van der Waals surface area contributed by atoms with Crippen molar-refractivity contribution in [1.29, 1.82) is 0 Å². The van der Waals surface area contributed by atoms with Gasteiger partial charge in [-0.2, -0.15) is 0 Å². The van der Waals surface area contributed by atoms with Gasteiger partial charge in [-0.25, -0.2) is 9.59 Å². The van der Waals surface area contributed by atoms with Gasteiger partial charge in [0, 0.05) is 6.42 Å². The van der Waals surface area contributed by atoms with Gasteiger partial charge in [0.1, 0.15) is 31.0 Å². The third-order valence-electron chi connectivity index (χ3n) is 9.21. The zero-order valence-corrected chi connectivity index (χ0v) is 30.8. The summed E-state index contributed by atoms with van der Waals surface area (Å²) in [6.45, 7) is 6.03. The number of nitrogens with zero attached hydrogens (tertiary/aromatic N) is 2. The molecule has 6 rings (SSSR count). The fourth-order valence-corrected chi connectivity index (χ4v) is 6.14. The third kappa shape index (κ3) is 11.7. The van der Waals surface area contributed by atoms with Crippen molar-refractivity contribution in [2.24, 2.45) is 0 Å². The summed E-state index contributed by atoms with van der Waals surface area (Å²) in [7, 11) is 3.26. The molecule has 11 nitrogen and oxygen atoms in total. The molecule has 4 aromatic carbocycles. The monoisotopic (exact) mass is 736 g/mol. The molecular formula is C43H48N2O9. The molecule has 0 bridgehead atoms. The van der Waals surface area contributed by atoms with E-state index in [9.17, 15) is 14.4 Å². The lowest BCUT2D eigenvalue weighted by atomic mass is 10.2. The summed E-state index contributed by atoms with van der Waals surface area (Å²) in [6.07, 6.45) is 2.68. The van der Waals surface area contributed by atoms with Gasteiger partial charge in [0.15, 0.2) is 0 Å². The number of hydrogen-bond donors (Lipinski definition) is 0. The SMILES string of the molecule is C=C[C@@H]1C[C@@H](OCc2ccc(OC)cc2)CN1C(=O)OCc1ccccc1.COc1ccc(CO[C@@H]2C[C@@H](C=O)N(C(=O)OCc3ccccc3)C2)cc1. The normalized spacial score (nSPS) is 18.9. The Kier molecular flexibility index (Phi) is 15.1. The largest absolute Gasteiger partial charge is 0.497 e. The molecule has 0 radical (unpaired) electrons. The Hall–Kier alpha value is -5.65. The Morgan fingerprint density at radius 2 is 0.981 bits per heavy atom. The van der Waals surface area contributed by atoms with Gasteiger partial charge in [-0.15, -0.1) is 6.58 Å². The van der Waals surface area contributed by atoms with E-state index in [0.29, 0.717) is 32.7 Å². The van der Waals surface area contributed by atoms with Crippen molar-refractivity contribution in [3.05, 3.63) is 144 Å². The van der Waals surface area contributed by atoms with Crippen LogP contribution in [0.4, 0.5) is 9.59 Å². The van der Waals surface area contributed by atoms with Crippen LogP contribution in [0.3, 0.4) is 0 Å². The highest BCUT2D eigenvalue weighted by molar-refractivity contribution is 5.74. The van der Waals surface area contributed by atoms with Gasteiger partial charge < -0.3 is 33.2 Å². The molecule has 0 saturated carbocycles. The highest BCUT2D eigenvalue weighted by Crippen LogP contribution is 2.25. The second-order valence-electron chi connectivity index (χ2n) is 12.9. The lowest BCUT2D eigenvalue weighted by molar-refractivity contribution is -0.111. The van der Waals surface area contributed by atoms with Gasteiger partial charge in [-0.05, 0) is 52.9 Å². The summed E-state index contributed by atoms with van der Waals surface area (Å²) in [5.41, 5.74) is 3.94. The summed E-state index contributed by atoms with van der Waals surface area (Å²) < 4.78 is 33.0. The number of carbonyl (C=O) groups excluding carboxylic acids is 3. The molecule has 4 aromatic rings. The first-order valence-corrected chi connectivity index (χ1v) is 17.9. The number of carbonyl (C=O) groups is 3. The second-order valence-corrected chi connectivity index (χ2v) is 12.9. The topological polar surface area (TPSA) is 113 Å². The number of aldehydes is 1. The smallest absolute Gasteiger partial charge is 0.410 e. The maximum Gasteiger partial charge on any atom is 0.410 e. The number of methoxy groups -OCH3 is 2. The fourth-order valence-electron chi connectivity index (χ4n) is 6.14. The molecule has 0 spiro atoms. The van der Waals surface area contributed by atoms with Gasteiger partial charge in [-0.1, -0.05) is 91.0 Å². The predicted molar refractivity (Wildman–Crippen MR) is 203 cm³/mol. The molecule has 0 unspecified atom stereocenters. The number of ether oxygens (including phenoxy) is 6. The van der Waals surface area contributed by atoms with Crippen molar-refractivity contribution in [2.75, 3.05) is 27.3 Å². The van der Waals surface area contributed by atoms with Crippen molar-refractivity contribution in [3.63, 3.8) is 0 Å². The first-order chi connectivity index (χ1) is 26.4. The van der Waals surface area contributed by atoms with Crippen molar-refractivity contribution < 1.29 is 42.8 Å². The standard InChI is InChI=1S/C22H25NO4.C21H23NO5/c1-3-19-13-21(26-15-18-9-11-20(25-2)12-10-18)14-23(19)22(24)27-16-17-7-5-4-6-8-17;1-25-19-9-7-17(8-10-19)14-26-20-11-18(13-23)22(12-20)21(24)27-15-16-5-3-2-4-6-16/h3-12,19,21H,1,13-16H2,2H3;2-10,13,18,20H,11-12,14-15H2,1H3/t19-,21-;18-,20+/m10/s1. The third-order valence-corrected chi connectivity index (χ3v) is 9.21. The average molecular weight is 737 g/mol. The Morgan fingerprint density at radius 1 is 0.593 bits per heavy atom. The van der Waals surface area contributed by atoms with Crippen LogP contribution in [0.5, 0.6) is 11.5 Å². The lowest BCUT2D eigenvalue weighted by Crippen LogP contribution is -2.37. The van der Waals surface area contributed by atoms with Crippen LogP contribution >= 0.6 is 0 Å². The van der Waals surface area contributed by atoms with Gasteiger partial charge >= 0.3 is 12.2 Å². The van der Waals surface area contributed by atoms with Crippen molar-refractivity contribution in [2.45, 2.75) is 63.6 Å². The van der Waals surface area contributed by atoms with Crippen LogP contribution in [0.15, 0.2) is 122 Å². The molecule has 0 aliphatic carbocycles. The number of rotatable bonds is 14. The fraction of sp³-hybridized carbons (Fsp3) is 0.326. The van der Waals surface area contributed by atoms with Crippen molar-refractivity contribution in [1.82, 2.24) is 9.80 Å². The first-order valence-electron chi connectivity index (χ1n) is 17.9. The Labute approximate surface area is 317 Å². The number of benzene rings is 4. The lowest BCUT2D eigenvalue weighted by Gasteiger charge is -2.21. The summed E-state index contributed by atoms with van der Waals surface area (Å²) in [5.74, 6) is 1.60. The van der Waals surface area contributed by atoms with Crippen LogP contribution in [0.25, 0.3) is 0 Å². The van der Waals surface area contributed by atoms with E-state index in [1.54, 1.807) is 25.2 Å². The van der Waals surface area contributed by atoms with E-state index in [1.807, 2.05) is 109 Å². The van der Waals surface area contributed by atoms with Crippen LogP contribution in [0, 0.1) is 0 Å². The van der Waals surface area contributed by atoms with E-state index in [2.05, 4.69) is 6.58 Å². The molecular weight excluding hydrogens is 688 g/mol. The molecule has 2 aliphatic heterocycles. The Bertz CT molecular complexity index is 1620. The maximum atomic E-state index is 12.5. The molecule has 2 aliphatic rings. The Morgan fingerprint density at radius 3 is 1.37 bits per heavy atom. The van der Waals surface area contributed by atoms with Crippen LogP contribution in [-0.4, -0.2) is 79.9 Å². The minimum absolute atomic E-state index is 0.0422. The summed E-state index contributed by atoms with van der Waals surface area (Å²) in [6, 6.07) is 33.9. The molecule has 2 amide bonds. The summed E-state index contributed by atoms with van der Waals surface area (Å²) in [4.78, 5) is 39.3. The summed E-state index contributed by atoms with van der Waals surface area (Å²) in [5, 5.41) is 0. The van der Waals surface area contributed by atoms with Gasteiger partial charge in [0.25, 0.3) is 0 Å². The maximum absolute atomic E-state index is 12.5. The predicted octanol–water partition coefficient (Wildman–Crippen LogP) is 7.37. The van der Waals surface area contributed by atoms with Crippen molar-refractivity contribution >= 4 is 18.5 Å². The molecule has 2 saturated heterocycles. The molecule has 4 atom stereocenters. The molecule has 284 valence electrons. The molecule has 0 aromatic heterocycles. The van der Waals surface area contributed by atoms with E-state index >= 15 is 0 Å². The van der Waals surface area contributed by atoms with E-state index < -0.39 is 12.1 Å². The zero-order chi connectivity index (χ0) is 38.1. The van der Waals surface area contributed by atoms with Crippen LogP contribution in [-0.2, 0) is 50.2 Å². The molecule has 2 heterocycles. The van der Waals surface area contributed by atoms with Crippen LogP contribution in [0.2, 0.25) is 0 Å². The van der Waals surface area contributed by atoms with E-state index in [1.165, 1.54) is 4.90 Å². The zero-order valence-electron chi connectivity index (χ0n) is 30.8. The minimum atomic E-state index is -0.519. The van der Waals surface area contributed by atoms with Crippen molar-refractivity contribution in [3.8, 4) is 11.5 Å². The van der Waals surface area contributed by atoms with Crippen LogP contribution < -0.4 is 9.47 Å². The molecule has 0 N–H and O–H groups in total. The quantitative estimate of drug-likeness (QED) is 0.0968. The van der Waals surface area contributed by atoms with Gasteiger partial charge in [0.05, 0.1) is 64.8 Å². The average Bonchev–Trinajstić information content (AvgIpc) is 3.86. The minimum Gasteiger partial charge on any atom is -0.497 e. The van der Waals surface area contributed by atoms with E-state index in [-0.39, 0.29) is 37.6 Å².